The SMILES string of the molecule is O=c1[nH]c2ccccc2cc1CNC1C=CS(=O)(=O)C1. The third kappa shape index (κ3) is 2.66. The van der Waals surface area contributed by atoms with Crippen LogP contribution in [0.15, 0.2) is 46.6 Å². The molecule has 5 nitrogen and oxygen atoms in total. The average Bonchev–Trinajstić information content (AvgIpc) is 2.76. The van der Waals surface area contributed by atoms with Gasteiger partial charge in [-0.3, -0.25) is 4.79 Å². The van der Waals surface area contributed by atoms with Gasteiger partial charge in [-0.1, -0.05) is 24.3 Å². The van der Waals surface area contributed by atoms with Crippen LogP contribution in [0.5, 0.6) is 0 Å². The minimum absolute atomic E-state index is 0.0541. The number of sulfone groups is 1. The van der Waals surface area contributed by atoms with Gasteiger partial charge in [0.15, 0.2) is 9.84 Å². The van der Waals surface area contributed by atoms with Crippen molar-refractivity contribution in [2.75, 3.05) is 5.75 Å². The van der Waals surface area contributed by atoms with Gasteiger partial charge in [0.05, 0.1) is 5.75 Å². The van der Waals surface area contributed by atoms with E-state index < -0.39 is 9.84 Å². The molecule has 0 spiro atoms. The fourth-order valence-electron chi connectivity index (χ4n) is 2.27. The molecule has 2 N–H and O–H groups in total. The van der Waals surface area contributed by atoms with Crippen LogP contribution in [0.1, 0.15) is 5.56 Å². The van der Waals surface area contributed by atoms with Crippen LogP contribution in [0.4, 0.5) is 0 Å². The topological polar surface area (TPSA) is 79.0 Å². The third-order valence-corrected chi connectivity index (χ3v) is 4.71. The van der Waals surface area contributed by atoms with E-state index in [1.807, 2.05) is 30.3 Å². The quantitative estimate of drug-likeness (QED) is 0.881. The van der Waals surface area contributed by atoms with Gasteiger partial charge in [0.2, 0.25) is 0 Å². The lowest BCUT2D eigenvalue weighted by molar-refractivity contribution is 0.590. The van der Waals surface area contributed by atoms with Crippen molar-refractivity contribution in [3.63, 3.8) is 0 Å². The Morgan fingerprint density at radius 1 is 1.30 bits per heavy atom. The zero-order chi connectivity index (χ0) is 14.2. The Morgan fingerprint density at radius 3 is 2.85 bits per heavy atom. The molecule has 0 aliphatic carbocycles. The molecule has 1 aliphatic heterocycles. The molecule has 104 valence electrons. The van der Waals surface area contributed by atoms with E-state index in [1.165, 1.54) is 5.41 Å². The summed E-state index contributed by atoms with van der Waals surface area (Å²) in [6.45, 7) is 0.338. The maximum Gasteiger partial charge on any atom is 0.252 e. The summed E-state index contributed by atoms with van der Waals surface area (Å²) in [5.74, 6) is 0.0541. The molecule has 0 amide bonds. The Kier molecular flexibility index (Phi) is 3.19. The second-order valence-corrected chi connectivity index (χ2v) is 6.79. The van der Waals surface area contributed by atoms with E-state index in [0.29, 0.717) is 12.1 Å². The van der Waals surface area contributed by atoms with Crippen LogP contribution in [-0.4, -0.2) is 25.2 Å². The van der Waals surface area contributed by atoms with Gasteiger partial charge in [-0.25, -0.2) is 8.42 Å². The first-order valence-electron chi connectivity index (χ1n) is 6.29. The normalized spacial score (nSPS) is 20.5. The molecule has 1 aromatic carbocycles. The molecule has 0 fully saturated rings. The number of H-pyrrole nitrogens is 1. The van der Waals surface area contributed by atoms with Crippen molar-refractivity contribution < 1.29 is 8.42 Å². The summed E-state index contributed by atoms with van der Waals surface area (Å²) in [7, 11) is -3.07. The number of hydrogen-bond acceptors (Lipinski definition) is 4. The van der Waals surface area contributed by atoms with Crippen molar-refractivity contribution >= 4 is 20.7 Å². The monoisotopic (exact) mass is 290 g/mol. The molecule has 2 aromatic rings. The third-order valence-electron chi connectivity index (χ3n) is 3.32. The Hall–Kier alpha value is -1.92. The van der Waals surface area contributed by atoms with Gasteiger partial charge in [-0.05, 0) is 17.5 Å². The van der Waals surface area contributed by atoms with Crippen molar-refractivity contribution in [2.24, 2.45) is 0 Å². The molecular weight excluding hydrogens is 276 g/mol. The molecule has 6 heteroatoms. The maximum atomic E-state index is 11.9. The van der Waals surface area contributed by atoms with E-state index in [0.717, 1.165) is 10.9 Å². The molecule has 1 aliphatic rings. The fraction of sp³-hybridized carbons (Fsp3) is 0.214. The number of aromatic amines is 1. The molecule has 1 unspecified atom stereocenters. The predicted octanol–water partition coefficient (Wildman–Crippen LogP) is 0.928. The molecule has 1 aromatic heterocycles. The fourth-order valence-corrected chi connectivity index (χ4v) is 3.54. The summed E-state index contributed by atoms with van der Waals surface area (Å²) in [5, 5.41) is 5.25. The van der Waals surface area contributed by atoms with Gasteiger partial charge in [0.25, 0.3) is 5.56 Å². The van der Waals surface area contributed by atoms with E-state index >= 15 is 0 Å². The number of nitrogens with one attached hydrogen (secondary N) is 2. The van der Waals surface area contributed by atoms with Gasteiger partial charge >= 0.3 is 0 Å². The second kappa shape index (κ2) is 4.88. The number of rotatable bonds is 3. The molecular formula is C14H14N2O3S. The predicted molar refractivity (Wildman–Crippen MR) is 78.1 cm³/mol. The molecule has 0 saturated heterocycles. The number of para-hydroxylation sites is 1. The highest BCUT2D eigenvalue weighted by atomic mass is 32.2. The highest BCUT2D eigenvalue weighted by molar-refractivity contribution is 7.94. The number of pyridine rings is 1. The van der Waals surface area contributed by atoms with Crippen LogP contribution in [0.2, 0.25) is 0 Å². The van der Waals surface area contributed by atoms with Crippen LogP contribution in [0.3, 0.4) is 0 Å². The molecule has 1 atom stereocenters. The molecule has 2 heterocycles. The Balaban J connectivity index is 1.80. The Morgan fingerprint density at radius 2 is 2.10 bits per heavy atom. The Labute approximate surface area is 116 Å². The molecule has 20 heavy (non-hydrogen) atoms. The first-order valence-corrected chi connectivity index (χ1v) is 8.00. The van der Waals surface area contributed by atoms with Crippen LogP contribution in [-0.2, 0) is 16.4 Å². The lowest BCUT2D eigenvalue weighted by atomic mass is 10.1. The molecule has 0 saturated carbocycles. The van der Waals surface area contributed by atoms with E-state index in [-0.39, 0.29) is 17.4 Å². The van der Waals surface area contributed by atoms with Gasteiger partial charge in [0.1, 0.15) is 0 Å². The smallest absolute Gasteiger partial charge is 0.252 e. The summed E-state index contributed by atoms with van der Waals surface area (Å²) in [6.07, 6.45) is 1.62. The van der Waals surface area contributed by atoms with E-state index in [4.69, 9.17) is 0 Å². The van der Waals surface area contributed by atoms with Crippen molar-refractivity contribution in [1.82, 2.24) is 10.3 Å². The highest BCUT2D eigenvalue weighted by Crippen LogP contribution is 2.11. The van der Waals surface area contributed by atoms with Gasteiger partial charge < -0.3 is 10.3 Å². The zero-order valence-corrected chi connectivity index (χ0v) is 11.5. The minimum atomic E-state index is -3.07. The average molecular weight is 290 g/mol. The first-order chi connectivity index (χ1) is 9.53. The summed E-state index contributed by atoms with van der Waals surface area (Å²) in [6, 6.07) is 9.14. The number of aromatic nitrogens is 1. The molecule has 0 bridgehead atoms. The van der Waals surface area contributed by atoms with Gasteiger partial charge in [-0.15, -0.1) is 0 Å². The minimum Gasteiger partial charge on any atom is -0.322 e. The van der Waals surface area contributed by atoms with Crippen LogP contribution in [0.25, 0.3) is 10.9 Å². The van der Waals surface area contributed by atoms with Crippen LogP contribution >= 0.6 is 0 Å². The van der Waals surface area contributed by atoms with Crippen LogP contribution in [0, 0.1) is 0 Å². The van der Waals surface area contributed by atoms with E-state index in [9.17, 15) is 13.2 Å². The summed E-state index contributed by atoms with van der Waals surface area (Å²) >= 11 is 0. The maximum absolute atomic E-state index is 11.9. The lowest BCUT2D eigenvalue weighted by Gasteiger charge is -2.09. The second-order valence-electron chi connectivity index (χ2n) is 4.86. The zero-order valence-electron chi connectivity index (χ0n) is 10.7. The van der Waals surface area contributed by atoms with Crippen molar-refractivity contribution in [3.05, 3.63) is 57.7 Å². The van der Waals surface area contributed by atoms with Crippen molar-refractivity contribution in [2.45, 2.75) is 12.6 Å². The van der Waals surface area contributed by atoms with Crippen LogP contribution < -0.4 is 10.9 Å². The molecule has 3 rings (SSSR count). The number of benzene rings is 1. The van der Waals surface area contributed by atoms with E-state index in [1.54, 1.807) is 6.08 Å². The van der Waals surface area contributed by atoms with Crippen molar-refractivity contribution in [1.29, 1.82) is 0 Å². The van der Waals surface area contributed by atoms with Crippen molar-refractivity contribution in [3.8, 4) is 0 Å². The van der Waals surface area contributed by atoms with E-state index in [2.05, 4.69) is 10.3 Å². The number of fused-ring (bicyclic) bond motifs is 1. The van der Waals surface area contributed by atoms with Gasteiger partial charge in [-0.2, -0.15) is 0 Å². The summed E-state index contributed by atoms with van der Waals surface area (Å²) in [4.78, 5) is 14.8. The summed E-state index contributed by atoms with van der Waals surface area (Å²) in [5.41, 5.74) is 1.24. The molecule has 0 radical (unpaired) electrons. The Bertz CT molecular complexity index is 837. The lowest BCUT2D eigenvalue weighted by Crippen LogP contribution is -2.31. The number of hydrogen-bond donors (Lipinski definition) is 2. The highest BCUT2D eigenvalue weighted by Gasteiger charge is 2.21. The van der Waals surface area contributed by atoms with Gasteiger partial charge in [0, 0.05) is 29.1 Å². The standard InChI is InChI=1S/C14H14N2O3S/c17-14-11(7-10-3-1-2-4-13(10)16-14)8-15-12-5-6-20(18,19)9-12/h1-7,12,15H,8-9H2,(H,16,17). The largest absolute Gasteiger partial charge is 0.322 e. The summed E-state index contributed by atoms with van der Waals surface area (Å²) < 4.78 is 22.6. The first kappa shape index (κ1) is 13.1.